The van der Waals surface area contributed by atoms with Gasteiger partial charge in [0, 0.05) is 34.4 Å². The lowest BCUT2D eigenvalue weighted by molar-refractivity contribution is 0.415. The minimum Gasteiger partial charge on any atom is -0.497 e. The monoisotopic (exact) mass is 411 g/mol. The zero-order valence-electron chi connectivity index (χ0n) is 16.9. The van der Waals surface area contributed by atoms with Crippen LogP contribution < -0.4 is 15.5 Å². The second-order valence-electron chi connectivity index (χ2n) is 6.71. The van der Waals surface area contributed by atoms with Gasteiger partial charge in [-0.1, -0.05) is 31.2 Å². The highest BCUT2D eigenvalue weighted by molar-refractivity contribution is 7.83. The van der Waals surface area contributed by atoms with Crippen molar-refractivity contribution in [1.29, 1.82) is 0 Å². The topological polar surface area (TPSA) is 68.5 Å². The van der Waals surface area contributed by atoms with Crippen LogP contribution in [0, 0.1) is 0 Å². The Labute approximate surface area is 173 Å². The third kappa shape index (κ3) is 5.35. The van der Waals surface area contributed by atoms with E-state index in [1.165, 1.54) is 6.07 Å². The number of methoxy groups -OCH3 is 1. The van der Waals surface area contributed by atoms with Gasteiger partial charge < -0.3 is 14.5 Å². The molecular formula is C23H25NO4S. The molecule has 0 aliphatic heterocycles. The van der Waals surface area contributed by atoms with Crippen molar-refractivity contribution in [3.05, 3.63) is 81.9 Å². The van der Waals surface area contributed by atoms with Crippen molar-refractivity contribution < 1.29 is 13.4 Å². The highest BCUT2D eigenvalue weighted by Crippen LogP contribution is 2.24. The first-order valence-corrected chi connectivity index (χ1v) is 11.2. The summed E-state index contributed by atoms with van der Waals surface area (Å²) in [7, 11) is 0.586. The van der Waals surface area contributed by atoms with Gasteiger partial charge in [-0.15, -0.1) is 0 Å². The Morgan fingerprint density at radius 2 is 1.66 bits per heavy atom. The Balaban J connectivity index is 1.74. The van der Waals surface area contributed by atoms with Crippen LogP contribution in [0.5, 0.6) is 5.75 Å². The van der Waals surface area contributed by atoms with Crippen LogP contribution in [0.25, 0.3) is 11.1 Å². The maximum absolute atomic E-state index is 12.3. The van der Waals surface area contributed by atoms with E-state index in [1.54, 1.807) is 13.4 Å². The molecule has 0 fully saturated rings. The molecule has 0 amide bonds. The van der Waals surface area contributed by atoms with Crippen molar-refractivity contribution in [3.8, 4) is 16.9 Å². The average Bonchev–Trinajstić information content (AvgIpc) is 2.72. The van der Waals surface area contributed by atoms with Gasteiger partial charge in [0.15, 0.2) is 5.43 Å². The van der Waals surface area contributed by atoms with Gasteiger partial charge in [-0.05, 0) is 41.8 Å². The number of hydrogen-bond acceptors (Lipinski definition) is 5. The minimum atomic E-state index is -1.07. The fraction of sp³-hybridized carbons (Fsp3) is 0.261. The van der Waals surface area contributed by atoms with E-state index in [9.17, 15) is 9.00 Å². The molecule has 0 aliphatic rings. The third-order valence-electron chi connectivity index (χ3n) is 4.64. The molecule has 6 heteroatoms. The van der Waals surface area contributed by atoms with E-state index in [0.717, 1.165) is 22.6 Å². The number of rotatable bonds is 8. The van der Waals surface area contributed by atoms with Crippen molar-refractivity contribution in [1.82, 2.24) is 0 Å². The predicted octanol–water partition coefficient (Wildman–Crippen LogP) is 4.37. The SMILES string of the molecule is CCc1c(CNc2ccc(-c3ccc(OC)cc3)cc2)oc(CS(C)=O)cc1=O. The minimum absolute atomic E-state index is 0.0640. The Hall–Kier alpha value is -2.86. The molecule has 5 nitrogen and oxygen atoms in total. The van der Waals surface area contributed by atoms with Crippen molar-refractivity contribution in [2.45, 2.75) is 25.6 Å². The van der Waals surface area contributed by atoms with Gasteiger partial charge in [-0.2, -0.15) is 0 Å². The van der Waals surface area contributed by atoms with E-state index in [-0.39, 0.29) is 11.2 Å². The summed E-state index contributed by atoms with van der Waals surface area (Å²) in [6.45, 7) is 2.32. The largest absolute Gasteiger partial charge is 0.497 e. The van der Waals surface area contributed by atoms with Crippen LogP contribution in [0.4, 0.5) is 5.69 Å². The predicted molar refractivity (Wildman–Crippen MR) is 118 cm³/mol. The lowest BCUT2D eigenvalue weighted by Gasteiger charge is -2.11. The smallest absolute Gasteiger partial charge is 0.188 e. The van der Waals surface area contributed by atoms with Crippen LogP contribution in [-0.2, 0) is 29.5 Å². The van der Waals surface area contributed by atoms with Crippen LogP contribution in [0.1, 0.15) is 24.0 Å². The quantitative estimate of drug-likeness (QED) is 0.596. The van der Waals surface area contributed by atoms with E-state index in [4.69, 9.17) is 9.15 Å². The van der Waals surface area contributed by atoms with Crippen molar-refractivity contribution >= 4 is 16.5 Å². The van der Waals surface area contributed by atoms with Gasteiger partial charge in [-0.25, -0.2) is 0 Å². The van der Waals surface area contributed by atoms with E-state index < -0.39 is 10.8 Å². The summed E-state index contributed by atoms with van der Waals surface area (Å²) in [5.41, 5.74) is 3.73. The molecule has 1 heterocycles. The van der Waals surface area contributed by atoms with Crippen LogP contribution in [0.3, 0.4) is 0 Å². The summed E-state index contributed by atoms with van der Waals surface area (Å²) < 4.78 is 22.5. The van der Waals surface area contributed by atoms with Gasteiger partial charge in [0.2, 0.25) is 0 Å². The average molecular weight is 412 g/mol. The molecule has 0 radical (unpaired) electrons. The second-order valence-corrected chi connectivity index (χ2v) is 8.14. The normalized spacial score (nSPS) is 11.8. The number of ether oxygens (including phenoxy) is 1. The van der Waals surface area contributed by atoms with E-state index in [0.29, 0.717) is 30.0 Å². The van der Waals surface area contributed by atoms with Crippen molar-refractivity contribution in [2.75, 3.05) is 18.7 Å². The van der Waals surface area contributed by atoms with Crippen LogP contribution >= 0.6 is 0 Å². The fourth-order valence-electron chi connectivity index (χ4n) is 3.15. The molecular weight excluding hydrogens is 386 g/mol. The van der Waals surface area contributed by atoms with E-state index in [1.807, 2.05) is 55.5 Å². The molecule has 1 N–H and O–H groups in total. The summed E-state index contributed by atoms with van der Waals surface area (Å²) in [5.74, 6) is 2.12. The highest BCUT2D eigenvalue weighted by Gasteiger charge is 2.12. The molecule has 1 unspecified atom stereocenters. The summed E-state index contributed by atoms with van der Waals surface area (Å²) in [4.78, 5) is 12.3. The molecule has 0 bridgehead atoms. The molecule has 0 aliphatic carbocycles. The van der Waals surface area contributed by atoms with Gasteiger partial charge in [0.25, 0.3) is 0 Å². The lowest BCUT2D eigenvalue weighted by Crippen LogP contribution is -2.15. The van der Waals surface area contributed by atoms with Gasteiger partial charge >= 0.3 is 0 Å². The van der Waals surface area contributed by atoms with Gasteiger partial charge in [0.1, 0.15) is 17.3 Å². The maximum Gasteiger partial charge on any atom is 0.188 e. The lowest BCUT2D eigenvalue weighted by atomic mass is 10.1. The number of anilines is 1. The van der Waals surface area contributed by atoms with E-state index in [2.05, 4.69) is 5.32 Å². The summed E-state index contributed by atoms with van der Waals surface area (Å²) in [6, 6.07) is 17.4. The first-order valence-electron chi connectivity index (χ1n) is 9.43. The Morgan fingerprint density at radius 1 is 1.03 bits per heavy atom. The third-order valence-corrected chi connectivity index (χ3v) is 5.33. The standard InChI is InChI=1S/C23H25NO4S/c1-4-21-22(25)13-20(15-29(3)26)28-23(21)14-24-18-9-5-16(6-10-18)17-7-11-19(27-2)12-8-17/h5-13,24H,4,14-15H2,1-3H3. The number of nitrogens with one attached hydrogen (secondary N) is 1. The summed E-state index contributed by atoms with van der Waals surface area (Å²) in [6.07, 6.45) is 2.18. The molecule has 1 aromatic heterocycles. The second kappa shape index (κ2) is 9.56. The molecule has 3 rings (SSSR count). The Bertz CT molecular complexity index is 1040. The van der Waals surface area contributed by atoms with Gasteiger partial charge in [0.05, 0.1) is 19.4 Å². The van der Waals surface area contributed by atoms with Crippen molar-refractivity contribution in [2.24, 2.45) is 0 Å². The summed E-state index contributed by atoms with van der Waals surface area (Å²) >= 11 is 0. The first-order chi connectivity index (χ1) is 14.0. The van der Waals surface area contributed by atoms with Crippen LogP contribution in [-0.4, -0.2) is 17.6 Å². The van der Waals surface area contributed by atoms with Crippen LogP contribution in [0.2, 0.25) is 0 Å². The maximum atomic E-state index is 12.3. The van der Waals surface area contributed by atoms with E-state index >= 15 is 0 Å². The molecule has 0 saturated carbocycles. The van der Waals surface area contributed by atoms with Crippen molar-refractivity contribution in [3.63, 3.8) is 0 Å². The van der Waals surface area contributed by atoms with Gasteiger partial charge in [-0.3, -0.25) is 9.00 Å². The fourth-order valence-corrected chi connectivity index (χ4v) is 3.69. The molecule has 2 aromatic carbocycles. The van der Waals surface area contributed by atoms with Crippen LogP contribution in [0.15, 0.2) is 63.8 Å². The molecule has 0 saturated heterocycles. The number of hydrogen-bond donors (Lipinski definition) is 1. The molecule has 0 spiro atoms. The molecule has 1 atom stereocenters. The highest BCUT2D eigenvalue weighted by atomic mass is 32.2. The Kier molecular flexibility index (Phi) is 6.88. The molecule has 29 heavy (non-hydrogen) atoms. The first kappa shape index (κ1) is 20.9. The molecule has 3 aromatic rings. The zero-order chi connectivity index (χ0) is 20.8. The Morgan fingerprint density at radius 3 is 2.21 bits per heavy atom. The molecule has 152 valence electrons. The number of benzene rings is 2. The zero-order valence-corrected chi connectivity index (χ0v) is 17.7. The summed E-state index contributed by atoms with van der Waals surface area (Å²) in [5, 5.41) is 3.31.